The Balaban J connectivity index is 2.04. The van der Waals surface area contributed by atoms with Gasteiger partial charge in [-0.25, -0.2) is 9.59 Å². The lowest BCUT2D eigenvalue weighted by molar-refractivity contribution is 0.0696. The van der Waals surface area contributed by atoms with Gasteiger partial charge in [-0.3, -0.25) is 19.3 Å². The summed E-state index contributed by atoms with van der Waals surface area (Å²) in [6, 6.07) is 7.77. The van der Waals surface area contributed by atoms with E-state index in [4.69, 9.17) is 9.52 Å². The minimum atomic E-state index is -1.10. The van der Waals surface area contributed by atoms with Gasteiger partial charge in [0.15, 0.2) is 0 Å². The molecule has 3 rings (SSSR count). The summed E-state index contributed by atoms with van der Waals surface area (Å²) >= 11 is 0. The second-order valence-corrected chi connectivity index (χ2v) is 5.68. The molecule has 27 heavy (non-hydrogen) atoms. The first-order valence-corrected chi connectivity index (χ1v) is 7.84. The summed E-state index contributed by atoms with van der Waals surface area (Å²) in [7, 11) is 0. The van der Waals surface area contributed by atoms with Crippen LogP contribution in [0.2, 0.25) is 0 Å². The molecule has 3 N–H and O–H groups in total. The van der Waals surface area contributed by atoms with Crippen LogP contribution in [0, 0.1) is 6.92 Å². The minimum Gasteiger partial charge on any atom is -0.494 e. The highest BCUT2D eigenvalue weighted by atomic mass is 16.4. The van der Waals surface area contributed by atoms with Gasteiger partial charge in [0.1, 0.15) is 11.3 Å². The highest BCUT2D eigenvalue weighted by Gasteiger charge is 2.14. The van der Waals surface area contributed by atoms with E-state index in [1.165, 1.54) is 18.4 Å². The Morgan fingerprint density at radius 1 is 1.30 bits per heavy atom. The Hall–Kier alpha value is -3.88. The van der Waals surface area contributed by atoms with Crippen LogP contribution >= 0.6 is 0 Å². The van der Waals surface area contributed by atoms with Crippen molar-refractivity contribution in [3.05, 3.63) is 79.9 Å². The molecule has 0 radical (unpaired) electrons. The molecule has 0 aliphatic rings. The summed E-state index contributed by atoms with van der Waals surface area (Å²) in [5, 5.41) is 19.5. The number of aromatic carboxylic acids is 1. The number of rotatable bonds is 5. The summed E-state index contributed by atoms with van der Waals surface area (Å²) in [5.74, 6) is -1.26. The van der Waals surface area contributed by atoms with E-state index < -0.39 is 23.1 Å². The van der Waals surface area contributed by atoms with E-state index in [9.17, 15) is 19.5 Å². The Kier molecular flexibility index (Phi) is 4.75. The molecule has 9 heteroatoms. The van der Waals surface area contributed by atoms with E-state index >= 15 is 0 Å². The molecule has 0 fully saturated rings. The molecule has 0 spiro atoms. The quantitative estimate of drug-likeness (QED) is 0.585. The molecule has 0 atom stereocenters. The molecule has 0 saturated heterocycles. The zero-order chi connectivity index (χ0) is 19.6. The first-order chi connectivity index (χ1) is 12.9. The molecular formula is C18H15N3O6. The molecule has 0 aliphatic carbocycles. The number of aromatic hydroxyl groups is 1. The van der Waals surface area contributed by atoms with E-state index in [0.29, 0.717) is 17.0 Å². The van der Waals surface area contributed by atoms with Crippen LogP contribution < -0.4 is 11.2 Å². The lowest BCUT2D eigenvalue weighted by atomic mass is 10.1. The summed E-state index contributed by atoms with van der Waals surface area (Å²) in [6.45, 7) is 1.50. The van der Waals surface area contributed by atoms with Gasteiger partial charge in [0, 0.05) is 6.21 Å². The number of aliphatic imine (C=N–C) groups is 1. The number of aromatic amines is 1. The monoisotopic (exact) mass is 369 g/mol. The van der Waals surface area contributed by atoms with Gasteiger partial charge in [0.25, 0.3) is 5.56 Å². The third-order valence-corrected chi connectivity index (χ3v) is 3.97. The predicted molar refractivity (Wildman–Crippen MR) is 96.2 cm³/mol. The summed E-state index contributed by atoms with van der Waals surface area (Å²) in [4.78, 5) is 41.4. The van der Waals surface area contributed by atoms with Crippen LogP contribution in [0.25, 0.3) is 0 Å². The van der Waals surface area contributed by atoms with Gasteiger partial charge in [0.2, 0.25) is 5.88 Å². The lowest BCUT2D eigenvalue weighted by Crippen LogP contribution is -2.32. The predicted octanol–water partition coefficient (Wildman–Crippen LogP) is 1.64. The standard InChI is InChI=1S/C18H15N3O6/c1-10-12(17(24)25)5-2-6-14(10)19-8-13-15(22)20-18(26)21(16(13)23)9-11-4-3-7-27-11/h2-8,23H,9H2,1H3,(H,24,25)(H,20,22,26). The van der Waals surface area contributed by atoms with Gasteiger partial charge >= 0.3 is 11.7 Å². The highest BCUT2D eigenvalue weighted by molar-refractivity contribution is 5.92. The first kappa shape index (κ1) is 17.9. The Bertz CT molecular complexity index is 1140. The zero-order valence-corrected chi connectivity index (χ0v) is 14.2. The first-order valence-electron chi connectivity index (χ1n) is 7.84. The average molecular weight is 369 g/mol. The van der Waals surface area contributed by atoms with E-state index in [2.05, 4.69) is 9.98 Å². The van der Waals surface area contributed by atoms with E-state index in [-0.39, 0.29) is 17.7 Å². The normalized spacial score (nSPS) is 11.1. The molecule has 0 amide bonds. The molecule has 0 saturated carbocycles. The van der Waals surface area contributed by atoms with Gasteiger partial charge in [0.05, 0.1) is 24.1 Å². The van der Waals surface area contributed by atoms with Crippen molar-refractivity contribution in [3.63, 3.8) is 0 Å². The van der Waals surface area contributed by atoms with Crippen molar-refractivity contribution >= 4 is 17.9 Å². The summed E-state index contributed by atoms with van der Waals surface area (Å²) in [5.41, 5.74) is -1.05. The average Bonchev–Trinajstić information content (AvgIpc) is 3.12. The number of hydrogen-bond donors (Lipinski definition) is 3. The van der Waals surface area contributed by atoms with Gasteiger partial charge in [-0.05, 0) is 36.8 Å². The number of carboxylic acid groups (broad SMARTS) is 1. The fourth-order valence-electron chi connectivity index (χ4n) is 2.53. The number of hydrogen-bond acceptors (Lipinski definition) is 6. The van der Waals surface area contributed by atoms with Gasteiger partial charge in [-0.15, -0.1) is 0 Å². The zero-order valence-electron chi connectivity index (χ0n) is 14.2. The SMILES string of the molecule is Cc1c(N=Cc2c(O)n(Cc3ccco3)c(=O)[nH]c2=O)cccc1C(=O)O. The molecule has 0 aliphatic heterocycles. The van der Waals surface area contributed by atoms with E-state index in [1.54, 1.807) is 25.1 Å². The molecule has 3 aromatic rings. The number of carboxylic acids is 1. The van der Waals surface area contributed by atoms with Crippen LogP contribution in [-0.2, 0) is 6.54 Å². The lowest BCUT2D eigenvalue weighted by Gasteiger charge is -2.08. The van der Waals surface area contributed by atoms with E-state index in [0.717, 1.165) is 10.8 Å². The number of nitrogens with one attached hydrogen (secondary N) is 1. The van der Waals surface area contributed by atoms with Crippen LogP contribution in [0.1, 0.15) is 27.2 Å². The van der Waals surface area contributed by atoms with Gasteiger partial charge < -0.3 is 14.6 Å². The molecule has 2 aromatic heterocycles. The van der Waals surface area contributed by atoms with Gasteiger partial charge in [-0.1, -0.05) is 6.07 Å². The van der Waals surface area contributed by atoms with E-state index in [1.807, 2.05) is 0 Å². The van der Waals surface area contributed by atoms with Crippen molar-refractivity contribution < 1.29 is 19.4 Å². The number of carbonyl (C=O) groups is 1. The largest absolute Gasteiger partial charge is 0.494 e. The molecule has 0 bridgehead atoms. The Morgan fingerprint density at radius 3 is 2.74 bits per heavy atom. The van der Waals surface area contributed by atoms with Crippen LogP contribution in [0.3, 0.4) is 0 Å². The third kappa shape index (κ3) is 3.56. The second kappa shape index (κ2) is 7.16. The summed E-state index contributed by atoms with van der Waals surface area (Å²) < 4.78 is 6.08. The van der Waals surface area contributed by atoms with Crippen molar-refractivity contribution in [3.8, 4) is 5.88 Å². The number of aromatic nitrogens is 2. The molecule has 0 unspecified atom stereocenters. The highest BCUT2D eigenvalue weighted by Crippen LogP contribution is 2.22. The number of H-pyrrole nitrogens is 1. The van der Waals surface area contributed by atoms with Gasteiger partial charge in [-0.2, -0.15) is 0 Å². The minimum absolute atomic E-state index is 0.0746. The van der Waals surface area contributed by atoms with Crippen molar-refractivity contribution in [2.75, 3.05) is 0 Å². The maximum atomic E-state index is 12.1. The smallest absolute Gasteiger partial charge is 0.336 e. The van der Waals surface area contributed by atoms with Crippen LogP contribution in [0.15, 0.2) is 55.6 Å². The second-order valence-electron chi connectivity index (χ2n) is 5.68. The Labute approximate surface area is 151 Å². The third-order valence-electron chi connectivity index (χ3n) is 3.97. The maximum Gasteiger partial charge on any atom is 0.336 e. The molecule has 138 valence electrons. The van der Waals surface area contributed by atoms with Crippen molar-refractivity contribution in [2.45, 2.75) is 13.5 Å². The number of furan rings is 1. The molecular weight excluding hydrogens is 354 g/mol. The molecule has 1 aromatic carbocycles. The Morgan fingerprint density at radius 2 is 2.07 bits per heavy atom. The van der Waals surface area contributed by atoms with Crippen LogP contribution in [-0.4, -0.2) is 31.9 Å². The molecule has 9 nitrogen and oxygen atoms in total. The topological polar surface area (TPSA) is 138 Å². The van der Waals surface area contributed by atoms with Crippen molar-refractivity contribution in [1.82, 2.24) is 9.55 Å². The number of benzene rings is 1. The van der Waals surface area contributed by atoms with Crippen molar-refractivity contribution in [1.29, 1.82) is 0 Å². The number of nitrogens with zero attached hydrogens (tertiary/aromatic N) is 2. The fourth-order valence-corrected chi connectivity index (χ4v) is 2.53. The van der Waals surface area contributed by atoms with Crippen LogP contribution in [0.4, 0.5) is 5.69 Å². The van der Waals surface area contributed by atoms with Crippen molar-refractivity contribution in [2.24, 2.45) is 4.99 Å². The molecule has 2 heterocycles. The van der Waals surface area contributed by atoms with Crippen LogP contribution in [0.5, 0.6) is 5.88 Å². The fraction of sp³-hybridized carbons (Fsp3) is 0.111. The summed E-state index contributed by atoms with van der Waals surface area (Å²) in [6.07, 6.45) is 2.50. The maximum absolute atomic E-state index is 12.1.